The average molecular weight is 228 g/mol. The minimum absolute atomic E-state index is 0.0649. The van der Waals surface area contributed by atoms with Gasteiger partial charge in [-0.05, 0) is 32.9 Å². The third-order valence-electron chi connectivity index (χ3n) is 3.37. The molecular weight excluding hydrogens is 208 g/mol. The Morgan fingerprint density at radius 2 is 2.27 bits per heavy atom. The van der Waals surface area contributed by atoms with Crippen molar-refractivity contribution in [2.75, 3.05) is 12.9 Å². The molecule has 0 aromatic rings. The topological polar surface area (TPSA) is 26.3 Å². The van der Waals surface area contributed by atoms with Crippen LogP contribution in [0.15, 0.2) is 11.6 Å². The molecule has 0 amide bonds. The van der Waals surface area contributed by atoms with E-state index in [2.05, 4.69) is 26.2 Å². The number of hydrogen-bond acceptors (Lipinski definition) is 3. The molecule has 15 heavy (non-hydrogen) atoms. The molecule has 0 radical (unpaired) electrons. The fourth-order valence-electron chi connectivity index (χ4n) is 2.38. The Kier molecular flexibility index (Phi) is 3.87. The molecule has 0 aromatic heterocycles. The lowest BCUT2D eigenvalue weighted by Crippen LogP contribution is -2.40. The van der Waals surface area contributed by atoms with Crippen LogP contribution in [-0.4, -0.2) is 24.1 Å². The minimum Gasteiger partial charge on any atom is -0.466 e. The predicted molar refractivity (Wildman–Crippen MR) is 65.0 cm³/mol. The third-order valence-corrected chi connectivity index (χ3v) is 4.70. The maximum absolute atomic E-state index is 12.0. The van der Waals surface area contributed by atoms with Crippen molar-refractivity contribution in [2.45, 2.75) is 32.9 Å². The Balaban J connectivity index is 2.96. The summed E-state index contributed by atoms with van der Waals surface area (Å²) in [5.41, 5.74) is 0.907. The molecule has 3 unspecified atom stereocenters. The van der Waals surface area contributed by atoms with Crippen molar-refractivity contribution < 1.29 is 9.53 Å². The SMILES string of the molecule is CCOC(=O)C1(C)C(C)C=C(C)C1SC. The fourth-order valence-corrected chi connectivity index (χ4v) is 3.63. The van der Waals surface area contributed by atoms with Gasteiger partial charge in [0.15, 0.2) is 0 Å². The smallest absolute Gasteiger partial charge is 0.313 e. The number of hydrogen-bond donors (Lipinski definition) is 0. The second kappa shape index (κ2) is 4.60. The summed E-state index contributed by atoms with van der Waals surface area (Å²) in [4.78, 5) is 12.0. The van der Waals surface area contributed by atoms with Gasteiger partial charge in [-0.25, -0.2) is 0 Å². The van der Waals surface area contributed by atoms with Gasteiger partial charge in [0.2, 0.25) is 0 Å². The highest BCUT2D eigenvalue weighted by Crippen LogP contribution is 2.48. The zero-order valence-corrected chi connectivity index (χ0v) is 11.0. The third kappa shape index (κ3) is 1.94. The van der Waals surface area contributed by atoms with E-state index in [0.717, 1.165) is 0 Å². The van der Waals surface area contributed by atoms with Crippen molar-refractivity contribution >= 4 is 17.7 Å². The number of carbonyl (C=O) groups excluding carboxylic acids is 1. The van der Waals surface area contributed by atoms with Gasteiger partial charge in [-0.1, -0.05) is 18.6 Å². The first kappa shape index (κ1) is 12.6. The highest BCUT2D eigenvalue weighted by Gasteiger charge is 2.50. The zero-order valence-electron chi connectivity index (χ0n) is 10.2. The Morgan fingerprint density at radius 3 is 2.73 bits per heavy atom. The molecule has 1 rings (SSSR count). The normalized spacial score (nSPS) is 35.1. The fraction of sp³-hybridized carbons (Fsp3) is 0.750. The van der Waals surface area contributed by atoms with Crippen molar-refractivity contribution in [3.8, 4) is 0 Å². The lowest BCUT2D eigenvalue weighted by molar-refractivity contribution is -0.155. The summed E-state index contributed by atoms with van der Waals surface area (Å²) in [6.45, 7) is 8.53. The maximum Gasteiger partial charge on any atom is 0.313 e. The van der Waals surface area contributed by atoms with Gasteiger partial charge in [0.1, 0.15) is 0 Å². The lowest BCUT2D eigenvalue weighted by atomic mass is 9.79. The molecule has 3 atom stereocenters. The number of carbonyl (C=O) groups is 1. The minimum atomic E-state index is -0.389. The highest BCUT2D eigenvalue weighted by molar-refractivity contribution is 7.99. The van der Waals surface area contributed by atoms with Crippen molar-refractivity contribution in [3.63, 3.8) is 0 Å². The van der Waals surface area contributed by atoms with E-state index in [1.807, 2.05) is 13.8 Å². The van der Waals surface area contributed by atoms with E-state index in [9.17, 15) is 4.79 Å². The van der Waals surface area contributed by atoms with E-state index in [-0.39, 0.29) is 22.6 Å². The predicted octanol–water partition coefficient (Wildman–Crippen LogP) is 2.88. The van der Waals surface area contributed by atoms with Crippen LogP contribution in [0.4, 0.5) is 0 Å². The number of esters is 1. The highest BCUT2D eigenvalue weighted by atomic mass is 32.2. The largest absolute Gasteiger partial charge is 0.466 e. The molecule has 0 fully saturated rings. The summed E-state index contributed by atoms with van der Waals surface area (Å²) in [7, 11) is 0. The second-order valence-electron chi connectivity index (χ2n) is 4.32. The zero-order chi connectivity index (χ0) is 11.6. The van der Waals surface area contributed by atoms with Gasteiger partial charge in [-0.3, -0.25) is 4.79 Å². The van der Waals surface area contributed by atoms with Crippen LogP contribution < -0.4 is 0 Å². The van der Waals surface area contributed by atoms with Crippen molar-refractivity contribution in [2.24, 2.45) is 11.3 Å². The van der Waals surface area contributed by atoms with Crippen LogP contribution in [0, 0.1) is 11.3 Å². The molecule has 2 nitrogen and oxygen atoms in total. The summed E-state index contributed by atoms with van der Waals surface area (Å²) < 4.78 is 5.19. The van der Waals surface area contributed by atoms with Crippen LogP contribution in [0.3, 0.4) is 0 Å². The molecule has 1 aliphatic carbocycles. The van der Waals surface area contributed by atoms with E-state index in [0.29, 0.717) is 6.61 Å². The molecule has 0 N–H and O–H groups in total. The lowest BCUT2D eigenvalue weighted by Gasteiger charge is -2.33. The molecule has 0 saturated heterocycles. The molecule has 86 valence electrons. The summed E-state index contributed by atoms with van der Waals surface area (Å²) >= 11 is 1.74. The van der Waals surface area contributed by atoms with Gasteiger partial charge in [0.05, 0.1) is 12.0 Å². The molecule has 0 aromatic carbocycles. The van der Waals surface area contributed by atoms with Crippen LogP contribution in [0.2, 0.25) is 0 Å². The van der Waals surface area contributed by atoms with Crippen LogP contribution in [0.5, 0.6) is 0 Å². The van der Waals surface area contributed by atoms with Crippen molar-refractivity contribution in [1.29, 1.82) is 0 Å². The Morgan fingerprint density at radius 1 is 1.67 bits per heavy atom. The summed E-state index contributed by atoms with van der Waals surface area (Å²) in [5.74, 6) is 0.193. The molecule has 0 spiro atoms. The first-order chi connectivity index (χ1) is 6.98. The molecule has 0 aliphatic heterocycles. The standard InChI is InChI=1S/C12H20O2S/c1-6-14-11(13)12(4)9(3)7-8(2)10(12)15-5/h7,9-10H,6H2,1-5H3. The van der Waals surface area contributed by atoms with E-state index >= 15 is 0 Å². The van der Waals surface area contributed by atoms with Crippen LogP contribution in [0.1, 0.15) is 27.7 Å². The molecule has 1 aliphatic rings. The Labute approximate surface area is 96.5 Å². The first-order valence-corrected chi connectivity index (χ1v) is 6.65. The van der Waals surface area contributed by atoms with Gasteiger partial charge in [0, 0.05) is 5.25 Å². The average Bonchev–Trinajstić information content (AvgIpc) is 2.39. The number of ether oxygens (including phenoxy) is 1. The maximum atomic E-state index is 12.0. The molecule has 0 saturated carbocycles. The number of allylic oxidation sites excluding steroid dienone is 1. The van der Waals surface area contributed by atoms with Crippen LogP contribution >= 0.6 is 11.8 Å². The molecule has 3 heteroatoms. The summed E-state index contributed by atoms with van der Waals surface area (Å²) in [5, 5.41) is 0.256. The Bertz CT molecular complexity index is 285. The van der Waals surface area contributed by atoms with E-state index < -0.39 is 0 Å². The second-order valence-corrected chi connectivity index (χ2v) is 5.26. The van der Waals surface area contributed by atoms with Crippen LogP contribution in [-0.2, 0) is 9.53 Å². The quantitative estimate of drug-likeness (QED) is 0.549. The number of thioether (sulfide) groups is 1. The van der Waals surface area contributed by atoms with Gasteiger partial charge < -0.3 is 4.74 Å². The summed E-state index contributed by atoms with van der Waals surface area (Å²) in [6, 6.07) is 0. The first-order valence-electron chi connectivity index (χ1n) is 5.36. The van der Waals surface area contributed by atoms with E-state index in [1.54, 1.807) is 11.8 Å². The Hall–Kier alpha value is -0.440. The molecular formula is C12H20O2S. The van der Waals surface area contributed by atoms with Gasteiger partial charge >= 0.3 is 5.97 Å². The monoisotopic (exact) mass is 228 g/mol. The number of rotatable bonds is 3. The molecule has 0 bridgehead atoms. The van der Waals surface area contributed by atoms with Crippen LogP contribution in [0.25, 0.3) is 0 Å². The van der Waals surface area contributed by atoms with Gasteiger partial charge in [-0.15, -0.1) is 0 Å². The van der Waals surface area contributed by atoms with Gasteiger partial charge in [-0.2, -0.15) is 11.8 Å². The van der Waals surface area contributed by atoms with E-state index in [1.165, 1.54) is 5.57 Å². The molecule has 0 heterocycles. The van der Waals surface area contributed by atoms with E-state index in [4.69, 9.17) is 4.74 Å². The van der Waals surface area contributed by atoms with Gasteiger partial charge in [0.25, 0.3) is 0 Å². The van der Waals surface area contributed by atoms with Crippen molar-refractivity contribution in [1.82, 2.24) is 0 Å². The summed E-state index contributed by atoms with van der Waals surface area (Å²) in [6.07, 6.45) is 4.25. The van der Waals surface area contributed by atoms with Crippen molar-refractivity contribution in [3.05, 3.63) is 11.6 Å².